The molecule has 1 aliphatic rings. The Labute approximate surface area is 155 Å². The quantitative estimate of drug-likeness (QED) is 0.748. The number of amides is 2. The number of aryl methyl sites for hydroxylation is 1. The van der Waals surface area contributed by atoms with E-state index in [1.165, 1.54) is 6.42 Å². The van der Waals surface area contributed by atoms with Gasteiger partial charge in [0.25, 0.3) is 0 Å². The fourth-order valence-corrected chi connectivity index (χ4v) is 2.85. The van der Waals surface area contributed by atoms with Crippen molar-refractivity contribution in [2.75, 3.05) is 19.6 Å². The molecule has 2 amide bonds. The second kappa shape index (κ2) is 9.54. The summed E-state index contributed by atoms with van der Waals surface area (Å²) in [5, 5.41) is 10.9. The highest BCUT2D eigenvalue weighted by Crippen LogP contribution is 2.10. The number of ether oxygens (including phenoxy) is 1. The summed E-state index contributed by atoms with van der Waals surface area (Å²) >= 11 is 0. The zero-order valence-corrected chi connectivity index (χ0v) is 16.2. The Kier molecular flexibility index (Phi) is 7.41. The van der Waals surface area contributed by atoms with Crippen LogP contribution >= 0.6 is 0 Å². The third kappa shape index (κ3) is 7.41. The number of alkyl carbamates (subject to hydrolysis) is 1. The molecule has 1 fully saturated rings. The molecular formula is C18H31N5O3. The highest BCUT2D eigenvalue weighted by molar-refractivity contribution is 5.75. The van der Waals surface area contributed by atoms with Gasteiger partial charge < -0.3 is 15.0 Å². The van der Waals surface area contributed by atoms with Crippen LogP contribution in [0.4, 0.5) is 4.79 Å². The topological polar surface area (TPSA) is 89.4 Å². The molecule has 2 heterocycles. The molecular weight excluding hydrogens is 334 g/mol. The second-order valence-corrected chi connectivity index (χ2v) is 7.73. The molecule has 0 bridgehead atoms. The van der Waals surface area contributed by atoms with Crippen molar-refractivity contribution in [3.05, 3.63) is 11.9 Å². The van der Waals surface area contributed by atoms with Crippen LogP contribution in [0.5, 0.6) is 0 Å². The lowest BCUT2D eigenvalue weighted by Crippen LogP contribution is -2.37. The molecule has 0 aromatic carbocycles. The molecule has 26 heavy (non-hydrogen) atoms. The van der Waals surface area contributed by atoms with Crippen LogP contribution < -0.4 is 5.32 Å². The molecule has 1 aromatic rings. The van der Waals surface area contributed by atoms with E-state index in [0.717, 1.165) is 50.9 Å². The lowest BCUT2D eigenvalue weighted by atomic mass is 10.1. The Morgan fingerprint density at radius 3 is 2.62 bits per heavy atom. The summed E-state index contributed by atoms with van der Waals surface area (Å²) in [7, 11) is 0. The first kappa shape index (κ1) is 20.2. The van der Waals surface area contributed by atoms with Crippen molar-refractivity contribution in [1.82, 2.24) is 25.2 Å². The monoisotopic (exact) mass is 365 g/mol. The van der Waals surface area contributed by atoms with Crippen molar-refractivity contribution < 1.29 is 14.3 Å². The van der Waals surface area contributed by atoms with Gasteiger partial charge in [0.2, 0.25) is 5.91 Å². The molecule has 1 aromatic heterocycles. The summed E-state index contributed by atoms with van der Waals surface area (Å²) in [6, 6.07) is 0. The fraction of sp³-hybridized carbons (Fsp3) is 0.778. The zero-order chi connectivity index (χ0) is 19.0. The van der Waals surface area contributed by atoms with E-state index < -0.39 is 5.60 Å². The molecule has 0 unspecified atom stereocenters. The van der Waals surface area contributed by atoms with Crippen molar-refractivity contribution in [1.29, 1.82) is 0 Å². The number of aromatic nitrogens is 3. The fourth-order valence-electron chi connectivity index (χ4n) is 2.85. The summed E-state index contributed by atoms with van der Waals surface area (Å²) in [6.45, 7) is 8.05. The van der Waals surface area contributed by atoms with Crippen LogP contribution in [0.25, 0.3) is 0 Å². The van der Waals surface area contributed by atoms with Crippen molar-refractivity contribution in [3.8, 4) is 0 Å². The third-order valence-electron chi connectivity index (χ3n) is 4.12. The summed E-state index contributed by atoms with van der Waals surface area (Å²) in [4.78, 5) is 25.7. The van der Waals surface area contributed by atoms with E-state index in [1.54, 1.807) is 4.68 Å². The number of carbonyl (C=O) groups is 2. The summed E-state index contributed by atoms with van der Waals surface area (Å²) in [6.07, 6.45) is 7.32. The van der Waals surface area contributed by atoms with Gasteiger partial charge in [-0.15, -0.1) is 5.10 Å². The van der Waals surface area contributed by atoms with Crippen LogP contribution in [0.2, 0.25) is 0 Å². The number of hydrogen-bond acceptors (Lipinski definition) is 5. The number of unbranched alkanes of at least 4 members (excludes halogenated alkanes) is 1. The lowest BCUT2D eigenvalue weighted by molar-refractivity contribution is -0.132. The summed E-state index contributed by atoms with van der Waals surface area (Å²) in [5.41, 5.74) is 0.391. The van der Waals surface area contributed by atoms with E-state index in [1.807, 2.05) is 31.9 Å². The maximum atomic E-state index is 12.2. The largest absolute Gasteiger partial charge is 0.444 e. The lowest BCUT2D eigenvalue weighted by Gasteiger charge is -2.26. The molecule has 1 aliphatic heterocycles. The average molecular weight is 365 g/mol. The number of likely N-dealkylation sites (tertiary alicyclic amines) is 1. The number of hydrogen-bond donors (Lipinski definition) is 1. The van der Waals surface area contributed by atoms with Gasteiger partial charge in [0.05, 0.1) is 5.69 Å². The molecule has 8 heteroatoms. The summed E-state index contributed by atoms with van der Waals surface area (Å²) in [5.74, 6) is 0.114. The van der Waals surface area contributed by atoms with Gasteiger partial charge in [0.15, 0.2) is 0 Å². The van der Waals surface area contributed by atoms with Gasteiger partial charge in [-0.05, 0) is 59.3 Å². The van der Waals surface area contributed by atoms with Crippen LogP contribution in [-0.4, -0.2) is 57.1 Å². The highest BCUT2D eigenvalue weighted by Gasteiger charge is 2.17. The Balaban J connectivity index is 1.62. The number of nitrogens with zero attached hydrogens (tertiary/aromatic N) is 4. The Morgan fingerprint density at radius 1 is 1.19 bits per heavy atom. The molecule has 1 N–H and O–H groups in total. The van der Waals surface area contributed by atoms with Crippen molar-refractivity contribution in [2.24, 2.45) is 0 Å². The molecule has 1 saturated heterocycles. The van der Waals surface area contributed by atoms with Gasteiger partial charge in [-0.1, -0.05) is 5.21 Å². The number of rotatable bonds is 7. The van der Waals surface area contributed by atoms with Gasteiger partial charge in [-0.3, -0.25) is 4.79 Å². The van der Waals surface area contributed by atoms with Crippen molar-refractivity contribution in [2.45, 2.75) is 71.4 Å². The average Bonchev–Trinajstić information content (AvgIpc) is 3.01. The number of carbonyl (C=O) groups excluding carboxylic acids is 2. The van der Waals surface area contributed by atoms with Gasteiger partial charge in [-0.25, -0.2) is 9.48 Å². The van der Waals surface area contributed by atoms with Crippen LogP contribution in [0, 0.1) is 0 Å². The van der Waals surface area contributed by atoms with E-state index in [-0.39, 0.29) is 18.5 Å². The van der Waals surface area contributed by atoms with E-state index in [2.05, 4.69) is 15.6 Å². The molecule has 0 radical (unpaired) electrons. The Bertz CT molecular complexity index is 588. The minimum Gasteiger partial charge on any atom is -0.444 e. The van der Waals surface area contributed by atoms with Crippen molar-refractivity contribution >= 4 is 12.0 Å². The first-order valence-corrected chi connectivity index (χ1v) is 9.47. The van der Waals surface area contributed by atoms with E-state index in [0.29, 0.717) is 6.54 Å². The third-order valence-corrected chi connectivity index (χ3v) is 4.12. The van der Waals surface area contributed by atoms with Gasteiger partial charge in [0.1, 0.15) is 12.1 Å². The Hall–Kier alpha value is -2.12. The molecule has 0 atom stereocenters. The molecule has 8 nitrogen and oxygen atoms in total. The highest BCUT2D eigenvalue weighted by atomic mass is 16.6. The van der Waals surface area contributed by atoms with Gasteiger partial charge in [-0.2, -0.15) is 0 Å². The Morgan fingerprint density at radius 2 is 1.92 bits per heavy atom. The maximum Gasteiger partial charge on any atom is 0.407 e. The van der Waals surface area contributed by atoms with Crippen LogP contribution in [0.3, 0.4) is 0 Å². The maximum absolute atomic E-state index is 12.2. The van der Waals surface area contributed by atoms with Crippen LogP contribution in [0.15, 0.2) is 6.20 Å². The SMILES string of the molecule is CC(C)(C)OC(=O)NCCCCc1cn(CC(=O)N2CCCCC2)nn1. The second-order valence-electron chi connectivity index (χ2n) is 7.73. The van der Waals surface area contributed by atoms with Gasteiger partial charge >= 0.3 is 6.09 Å². The van der Waals surface area contributed by atoms with Crippen LogP contribution in [0.1, 0.15) is 58.6 Å². The van der Waals surface area contributed by atoms with Crippen LogP contribution in [-0.2, 0) is 22.5 Å². The minimum absolute atomic E-state index is 0.114. The molecule has 2 rings (SSSR count). The van der Waals surface area contributed by atoms with E-state index >= 15 is 0 Å². The molecule has 0 saturated carbocycles. The molecule has 0 spiro atoms. The number of piperidine rings is 1. The predicted octanol–water partition coefficient (Wildman–Crippen LogP) is 2.14. The summed E-state index contributed by atoms with van der Waals surface area (Å²) < 4.78 is 6.80. The first-order chi connectivity index (χ1) is 12.3. The smallest absolute Gasteiger partial charge is 0.407 e. The first-order valence-electron chi connectivity index (χ1n) is 9.47. The molecule has 146 valence electrons. The van der Waals surface area contributed by atoms with E-state index in [4.69, 9.17) is 4.74 Å². The number of nitrogens with one attached hydrogen (secondary N) is 1. The molecule has 0 aliphatic carbocycles. The minimum atomic E-state index is -0.478. The zero-order valence-electron chi connectivity index (χ0n) is 16.2. The standard InChI is InChI=1S/C18H31N5O3/c1-18(2,3)26-17(25)19-10-6-5-9-15-13-23(21-20-15)14-16(24)22-11-7-4-8-12-22/h13H,4-12,14H2,1-3H3,(H,19,25). The van der Waals surface area contributed by atoms with E-state index in [9.17, 15) is 9.59 Å². The predicted molar refractivity (Wildman–Crippen MR) is 97.6 cm³/mol. The van der Waals surface area contributed by atoms with Gasteiger partial charge in [0, 0.05) is 25.8 Å². The van der Waals surface area contributed by atoms with Crippen molar-refractivity contribution in [3.63, 3.8) is 0 Å². The normalized spacial score (nSPS) is 15.0.